The zero-order valence-corrected chi connectivity index (χ0v) is 20.6. The highest BCUT2D eigenvalue weighted by molar-refractivity contribution is 7.98. The van der Waals surface area contributed by atoms with Crippen molar-refractivity contribution in [2.24, 2.45) is 0 Å². The van der Waals surface area contributed by atoms with Crippen molar-refractivity contribution in [2.75, 3.05) is 6.61 Å². The van der Waals surface area contributed by atoms with Crippen molar-refractivity contribution in [3.8, 4) is 0 Å². The van der Waals surface area contributed by atoms with Gasteiger partial charge in [-0.25, -0.2) is 4.98 Å². The van der Waals surface area contributed by atoms with Gasteiger partial charge in [-0.15, -0.1) is 0 Å². The van der Waals surface area contributed by atoms with Gasteiger partial charge in [0.25, 0.3) is 17.2 Å². The molecule has 2 aromatic heterocycles. The van der Waals surface area contributed by atoms with E-state index in [2.05, 4.69) is 5.32 Å². The number of aromatic nitrogens is 2. The average Bonchev–Trinajstić information content (AvgIpc) is 3.62. The second-order valence-electron chi connectivity index (χ2n) is 8.65. The van der Waals surface area contributed by atoms with Gasteiger partial charge in [-0.3, -0.25) is 24.3 Å². The molecular formula is C26H24N4O6S. The van der Waals surface area contributed by atoms with E-state index in [1.165, 1.54) is 30.2 Å². The highest BCUT2D eigenvalue weighted by Gasteiger charge is 2.21. The zero-order chi connectivity index (χ0) is 25.8. The van der Waals surface area contributed by atoms with Crippen molar-refractivity contribution in [1.29, 1.82) is 0 Å². The van der Waals surface area contributed by atoms with E-state index < -0.39 is 4.92 Å². The molecule has 10 nitrogen and oxygen atoms in total. The van der Waals surface area contributed by atoms with Gasteiger partial charge in [0.2, 0.25) is 0 Å². The summed E-state index contributed by atoms with van der Waals surface area (Å²) in [7, 11) is 0. The summed E-state index contributed by atoms with van der Waals surface area (Å²) < 4.78 is 12.6. The Bertz CT molecular complexity index is 1490. The maximum Gasteiger partial charge on any atom is 0.269 e. The topological polar surface area (TPSA) is 130 Å². The van der Waals surface area contributed by atoms with Crippen LogP contribution in [0.4, 0.5) is 5.69 Å². The van der Waals surface area contributed by atoms with Gasteiger partial charge in [0, 0.05) is 30.1 Å². The lowest BCUT2D eigenvalue weighted by atomic mass is 10.1. The first-order chi connectivity index (χ1) is 18.0. The number of nitrogens with one attached hydrogen (secondary N) is 1. The number of non-ortho nitro benzene ring substituents is 1. The minimum absolute atomic E-state index is 0.00604. The lowest BCUT2D eigenvalue weighted by Crippen LogP contribution is -2.29. The molecule has 0 bridgehead atoms. The first-order valence-corrected chi connectivity index (χ1v) is 12.8. The Morgan fingerprint density at radius 2 is 2.11 bits per heavy atom. The predicted molar refractivity (Wildman–Crippen MR) is 138 cm³/mol. The Morgan fingerprint density at radius 1 is 1.22 bits per heavy atom. The fourth-order valence-electron chi connectivity index (χ4n) is 4.20. The molecule has 5 rings (SSSR count). The van der Waals surface area contributed by atoms with E-state index in [4.69, 9.17) is 14.1 Å². The smallest absolute Gasteiger partial charge is 0.269 e. The first-order valence-electron chi connectivity index (χ1n) is 11.8. The number of fused-ring (bicyclic) bond motifs is 1. The van der Waals surface area contributed by atoms with Crippen molar-refractivity contribution in [1.82, 2.24) is 14.9 Å². The Hall–Kier alpha value is -3.96. The number of furan rings is 1. The number of carbonyl (C=O) groups excluding carboxylic acids is 1. The van der Waals surface area contributed by atoms with Crippen LogP contribution in [-0.2, 0) is 23.6 Å². The summed E-state index contributed by atoms with van der Waals surface area (Å²) in [5, 5.41) is 14.8. The number of nitro benzene ring substituents is 1. The first kappa shape index (κ1) is 24.7. The zero-order valence-electron chi connectivity index (χ0n) is 19.8. The van der Waals surface area contributed by atoms with Crippen molar-refractivity contribution < 1.29 is 18.9 Å². The second-order valence-corrected chi connectivity index (χ2v) is 9.60. The van der Waals surface area contributed by atoms with Crippen LogP contribution < -0.4 is 10.9 Å². The average molecular weight is 521 g/mol. The third kappa shape index (κ3) is 5.73. The number of nitro groups is 1. The van der Waals surface area contributed by atoms with Crippen molar-refractivity contribution in [3.05, 3.63) is 98.2 Å². The van der Waals surface area contributed by atoms with Crippen LogP contribution in [0.2, 0.25) is 0 Å². The van der Waals surface area contributed by atoms with Crippen LogP contribution in [0.15, 0.2) is 75.2 Å². The molecule has 4 aromatic rings. The number of benzene rings is 2. The van der Waals surface area contributed by atoms with Gasteiger partial charge >= 0.3 is 0 Å². The van der Waals surface area contributed by atoms with Gasteiger partial charge in [0.05, 0.1) is 41.3 Å². The monoisotopic (exact) mass is 520 g/mol. The molecule has 1 saturated heterocycles. The minimum Gasteiger partial charge on any atom is -0.467 e. The number of carbonyl (C=O) groups is 1. The van der Waals surface area contributed by atoms with Crippen LogP contribution >= 0.6 is 11.8 Å². The number of thioether (sulfide) groups is 1. The molecule has 1 fully saturated rings. The maximum absolute atomic E-state index is 13.5. The fraction of sp³-hybridized carbons (Fsp3) is 0.269. The highest BCUT2D eigenvalue weighted by Crippen LogP contribution is 2.26. The number of ether oxygens (including phenoxy) is 1. The Balaban J connectivity index is 1.45. The summed E-state index contributed by atoms with van der Waals surface area (Å²) in [6, 6.07) is 14.7. The number of amides is 1. The van der Waals surface area contributed by atoms with E-state index in [9.17, 15) is 19.7 Å². The molecule has 2 aromatic carbocycles. The molecule has 1 atom stereocenters. The van der Waals surface area contributed by atoms with E-state index in [1.54, 1.807) is 47.0 Å². The molecular weight excluding hydrogens is 496 g/mol. The largest absolute Gasteiger partial charge is 0.467 e. The summed E-state index contributed by atoms with van der Waals surface area (Å²) in [6.07, 6.45) is 3.25. The molecule has 0 radical (unpaired) electrons. The molecule has 0 spiro atoms. The molecule has 1 N–H and O–H groups in total. The van der Waals surface area contributed by atoms with Crippen molar-refractivity contribution >= 4 is 34.3 Å². The molecule has 1 aliphatic rings. The quantitative estimate of drug-likeness (QED) is 0.150. The lowest BCUT2D eigenvalue weighted by Gasteiger charge is -2.17. The molecule has 0 saturated carbocycles. The second kappa shape index (κ2) is 11.0. The van der Waals surface area contributed by atoms with Gasteiger partial charge in [0.1, 0.15) is 5.76 Å². The summed E-state index contributed by atoms with van der Waals surface area (Å²) in [5.41, 5.74) is 1.30. The third-order valence-electron chi connectivity index (χ3n) is 6.09. The molecule has 11 heteroatoms. The highest BCUT2D eigenvalue weighted by atomic mass is 32.2. The standard InChI is InChI=1S/C26H24N4O6S/c31-24(27-14-20-6-2-10-35-20)18-8-9-22-23(13-18)28-26(29(25(22)32)15-21-7-3-11-36-21)37-16-17-4-1-5-19(12-17)30(33)34/h1-2,4-6,8-10,12-13,21H,3,7,11,14-16H2,(H,27,31). The lowest BCUT2D eigenvalue weighted by molar-refractivity contribution is -0.384. The van der Waals surface area contributed by atoms with E-state index in [1.807, 2.05) is 0 Å². The fourth-order valence-corrected chi connectivity index (χ4v) is 5.15. The molecule has 37 heavy (non-hydrogen) atoms. The maximum atomic E-state index is 13.5. The van der Waals surface area contributed by atoms with Gasteiger partial charge < -0.3 is 14.5 Å². The minimum atomic E-state index is -0.436. The SMILES string of the molecule is O=C(NCc1ccco1)c1ccc2c(=O)n(CC3CCCO3)c(SCc3cccc([N+](=O)[O-])c3)nc2c1. The van der Waals surface area contributed by atoms with Crippen LogP contribution in [-0.4, -0.2) is 33.1 Å². The Labute approximate surface area is 215 Å². The van der Waals surface area contributed by atoms with Crippen LogP contribution in [0.3, 0.4) is 0 Å². The normalized spacial score (nSPS) is 15.2. The van der Waals surface area contributed by atoms with Crippen LogP contribution in [0.25, 0.3) is 10.9 Å². The van der Waals surface area contributed by atoms with Gasteiger partial charge in [-0.1, -0.05) is 23.9 Å². The van der Waals surface area contributed by atoms with Crippen LogP contribution in [0.1, 0.15) is 34.5 Å². The Morgan fingerprint density at radius 3 is 2.86 bits per heavy atom. The number of hydrogen-bond donors (Lipinski definition) is 1. The van der Waals surface area contributed by atoms with Crippen molar-refractivity contribution in [2.45, 2.75) is 42.9 Å². The molecule has 1 unspecified atom stereocenters. The summed E-state index contributed by atoms with van der Waals surface area (Å²) in [4.78, 5) is 41.7. The molecule has 0 aliphatic carbocycles. The van der Waals surface area contributed by atoms with E-state index in [-0.39, 0.29) is 29.8 Å². The molecule has 1 amide bonds. The van der Waals surface area contributed by atoms with E-state index >= 15 is 0 Å². The summed E-state index contributed by atoms with van der Waals surface area (Å²) in [5.74, 6) is 0.702. The summed E-state index contributed by atoms with van der Waals surface area (Å²) >= 11 is 1.32. The van der Waals surface area contributed by atoms with E-state index in [0.29, 0.717) is 46.3 Å². The van der Waals surface area contributed by atoms with Crippen molar-refractivity contribution in [3.63, 3.8) is 0 Å². The summed E-state index contributed by atoms with van der Waals surface area (Å²) in [6.45, 7) is 1.27. The van der Waals surface area contributed by atoms with Crippen LogP contribution in [0.5, 0.6) is 0 Å². The third-order valence-corrected chi connectivity index (χ3v) is 7.13. The van der Waals surface area contributed by atoms with Crippen LogP contribution in [0, 0.1) is 10.1 Å². The number of nitrogens with zero attached hydrogens (tertiary/aromatic N) is 3. The molecule has 190 valence electrons. The Kier molecular flexibility index (Phi) is 7.33. The molecule has 1 aliphatic heterocycles. The van der Waals surface area contributed by atoms with Gasteiger partial charge in [-0.05, 0) is 48.7 Å². The van der Waals surface area contributed by atoms with Gasteiger partial charge in [-0.2, -0.15) is 0 Å². The van der Waals surface area contributed by atoms with E-state index in [0.717, 1.165) is 18.4 Å². The number of rotatable bonds is 9. The predicted octanol–water partition coefficient (Wildman–Crippen LogP) is 4.30. The molecule has 3 heterocycles. The van der Waals surface area contributed by atoms with Gasteiger partial charge in [0.15, 0.2) is 5.16 Å². The number of hydrogen-bond acceptors (Lipinski definition) is 8.